The maximum Gasteiger partial charge on any atom is 0.225 e. The van der Waals surface area contributed by atoms with E-state index in [0.717, 1.165) is 0 Å². The normalized spacial score (nSPS) is 17.6. The second kappa shape index (κ2) is 4.13. The van der Waals surface area contributed by atoms with Gasteiger partial charge in [-0.05, 0) is 18.5 Å². The molecular weight excluding hydrogens is 294 g/mol. The molecule has 0 aliphatic carbocycles. The van der Waals surface area contributed by atoms with Gasteiger partial charge >= 0.3 is 0 Å². The van der Waals surface area contributed by atoms with Gasteiger partial charge in [0.1, 0.15) is 11.3 Å². The predicted octanol–water partition coefficient (Wildman–Crippen LogP) is 2.04. The zero-order chi connectivity index (χ0) is 13.8. The number of hydrogen-bond donors (Lipinski definition) is 1. The first-order chi connectivity index (χ1) is 8.87. The van der Waals surface area contributed by atoms with Crippen molar-refractivity contribution >= 4 is 39.9 Å². The lowest BCUT2D eigenvalue weighted by molar-refractivity contribution is 0.0307. The van der Waals surface area contributed by atoms with Gasteiger partial charge in [-0.3, -0.25) is 0 Å². The Balaban J connectivity index is 2.17. The molecule has 0 radical (unpaired) electrons. The minimum atomic E-state index is -0.776. The van der Waals surface area contributed by atoms with Crippen molar-refractivity contribution in [3.8, 4) is 0 Å². The second-order valence-electron chi connectivity index (χ2n) is 4.79. The summed E-state index contributed by atoms with van der Waals surface area (Å²) in [7, 11) is 0. The van der Waals surface area contributed by atoms with Gasteiger partial charge in [-0.15, -0.1) is 0 Å². The van der Waals surface area contributed by atoms with E-state index in [0.29, 0.717) is 24.3 Å². The fourth-order valence-electron chi connectivity index (χ4n) is 2.16. The lowest BCUT2D eigenvalue weighted by Crippen LogP contribution is -2.60. The Hall–Kier alpha value is -1.24. The Morgan fingerprint density at radius 2 is 2.05 bits per heavy atom. The fraction of sp³-hybridized carbons (Fsp3) is 0.364. The van der Waals surface area contributed by atoms with Crippen LogP contribution in [0.25, 0.3) is 10.9 Å². The number of aromatic nitrogens is 3. The molecular formula is C11H9Cl2FN4O. The number of hydrogen-bond acceptors (Lipinski definition) is 5. The monoisotopic (exact) mass is 302 g/mol. The molecule has 0 saturated carbocycles. The molecule has 1 fully saturated rings. The summed E-state index contributed by atoms with van der Waals surface area (Å²) in [6.45, 7) is 2.49. The van der Waals surface area contributed by atoms with Crippen LogP contribution in [0.3, 0.4) is 0 Å². The molecule has 0 spiro atoms. The van der Waals surface area contributed by atoms with Crippen LogP contribution in [0.5, 0.6) is 0 Å². The van der Waals surface area contributed by atoms with E-state index in [1.165, 1.54) is 6.20 Å². The average molecular weight is 303 g/mol. The quantitative estimate of drug-likeness (QED) is 0.645. The van der Waals surface area contributed by atoms with Crippen molar-refractivity contribution in [2.75, 3.05) is 18.0 Å². The van der Waals surface area contributed by atoms with Crippen LogP contribution in [0.15, 0.2) is 6.20 Å². The first-order valence-corrected chi connectivity index (χ1v) is 6.27. The molecule has 0 aromatic carbocycles. The summed E-state index contributed by atoms with van der Waals surface area (Å²) in [6, 6.07) is 0. The molecule has 0 atom stereocenters. The summed E-state index contributed by atoms with van der Waals surface area (Å²) in [5.41, 5.74) is -0.746. The van der Waals surface area contributed by atoms with Crippen molar-refractivity contribution in [3.05, 3.63) is 22.5 Å². The maximum atomic E-state index is 13.9. The summed E-state index contributed by atoms with van der Waals surface area (Å²) in [5, 5.41) is 9.84. The third kappa shape index (κ3) is 2.09. The smallest absolute Gasteiger partial charge is 0.225 e. The highest BCUT2D eigenvalue weighted by atomic mass is 35.5. The van der Waals surface area contributed by atoms with Gasteiger partial charge in [-0.2, -0.15) is 4.98 Å². The van der Waals surface area contributed by atoms with Gasteiger partial charge in [0.05, 0.1) is 11.0 Å². The molecule has 8 heteroatoms. The van der Waals surface area contributed by atoms with Crippen molar-refractivity contribution in [3.63, 3.8) is 0 Å². The number of β-amino-alcohol motifs (C(OH)–C–C–N with tert-alkyl or cyclic N) is 1. The molecule has 1 aliphatic heterocycles. The Morgan fingerprint density at radius 1 is 1.37 bits per heavy atom. The van der Waals surface area contributed by atoms with Gasteiger partial charge in [0.15, 0.2) is 11.0 Å². The Bertz CT molecular complexity index is 671. The van der Waals surface area contributed by atoms with Gasteiger partial charge in [0.2, 0.25) is 5.28 Å². The van der Waals surface area contributed by atoms with Crippen LogP contribution in [0.2, 0.25) is 10.4 Å². The topological polar surface area (TPSA) is 62.1 Å². The van der Waals surface area contributed by atoms with E-state index in [4.69, 9.17) is 23.2 Å². The van der Waals surface area contributed by atoms with Crippen LogP contribution in [0.4, 0.5) is 10.2 Å². The van der Waals surface area contributed by atoms with Crippen molar-refractivity contribution in [1.29, 1.82) is 0 Å². The summed E-state index contributed by atoms with van der Waals surface area (Å²) in [6.07, 6.45) is 1.40. The number of anilines is 1. The Kier molecular flexibility index (Phi) is 2.78. The molecule has 3 rings (SSSR count). The molecule has 19 heavy (non-hydrogen) atoms. The van der Waals surface area contributed by atoms with Gasteiger partial charge in [-0.25, -0.2) is 14.4 Å². The summed E-state index contributed by atoms with van der Waals surface area (Å²) < 4.78 is 13.9. The molecule has 2 aromatic heterocycles. The number of aliphatic hydroxyl groups is 1. The summed E-state index contributed by atoms with van der Waals surface area (Å²) >= 11 is 11.4. The minimum Gasteiger partial charge on any atom is -0.386 e. The van der Waals surface area contributed by atoms with Gasteiger partial charge in [0.25, 0.3) is 0 Å². The number of rotatable bonds is 1. The lowest BCUT2D eigenvalue weighted by atomic mass is 9.97. The minimum absolute atomic E-state index is 0.0292. The zero-order valence-electron chi connectivity index (χ0n) is 9.86. The standard InChI is InChI=1S/C11H9Cl2FN4O/c1-11(19)3-18(4-11)9-5-2-15-8(12)6(14)7(5)16-10(13)17-9/h2,19H,3-4H2,1H3. The zero-order valence-corrected chi connectivity index (χ0v) is 11.4. The van der Waals surface area contributed by atoms with Crippen molar-refractivity contribution < 1.29 is 9.50 Å². The summed E-state index contributed by atoms with van der Waals surface area (Å²) in [5.74, 6) is -0.276. The molecule has 0 unspecified atom stereocenters. The molecule has 1 N–H and O–H groups in total. The van der Waals surface area contributed by atoms with Crippen molar-refractivity contribution in [2.24, 2.45) is 0 Å². The van der Waals surface area contributed by atoms with Crippen LogP contribution >= 0.6 is 23.2 Å². The van der Waals surface area contributed by atoms with Crippen LogP contribution in [0, 0.1) is 5.82 Å². The molecule has 3 heterocycles. The van der Waals surface area contributed by atoms with E-state index >= 15 is 0 Å². The van der Waals surface area contributed by atoms with E-state index in [9.17, 15) is 9.50 Å². The molecule has 0 amide bonds. The lowest BCUT2D eigenvalue weighted by Gasteiger charge is -2.45. The molecule has 5 nitrogen and oxygen atoms in total. The number of pyridine rings is 1. The third-order valence-corrected chi connectivity index (χ3v) is 3.39. The highest BCUT2D eigenvalue weighted by Crippen LogP contribution is 2.33. The van der Waals surface area contributed by atoms with Gasteiger partial charge in [-0.1, -0.05) is 11.6 Å². The Labute approximate surface area is 118 Å². The first-order valence-electron chi connectivity index (χ1n) is 5.52. The number of nitrogens with zero attached hydrogens (tertiary/aromatic N) is 4. The van der Waals surface area contributed by atoms with Gasteiger partial charge < -0.3 is 10.0 Å². The van der Waals surface area contributed by atoms with E-state index in [1.807, 2.05) is 0 Å². The maximum absolute atomic E-state index is 13.9. The van der Waals surface area contributed by atoms with E-state index < -0.39 is 11.4 Å². The molecule has 100 valence electrons. The highest BCUT2D eigenvalue weighted by Gasteiger charge is 2.38. The molecule has 1 saturated heterocycles. The van der Waals surface area contributed by atoms with E-state index in [2.05, 4.69) is 15.0 Å². The molecule has 2 aromatic rings. The summed E-state index contributed by atoms with van der Waals surface area (Å²) in [4.78, 5) is 13.5. The van der Waals surface area contributed by atoms with Gasteiger partial charge in [0, 0.05) is 19.3 Å². The molecule has 0 bridgehead atoms. The number of fused-ring (bicyclic) bond motifs is 1. The van der Waals surface area contributed by atoms with Crippen LogP contribution < -0.4 is 4.90 Å². The largest absolute Gasteiger partial charge is 0.386 e. The van der Waals surface area contributed by atoms with Crippen molar-refractivity contribution in [2.45, 2.75) is 12.5 Å². The fourth-order valence-corrected chi connectivity index (χ4v) is 2.46. The average Bonchev–Trinajstić information content (AvgIpc) is 2.30. The number of halogens is 3. The van der Waals surface area contributed by atoms with Crippen molar-refractivity contribution in [1.82, 2.24) is 15.0 Å². The van der Waals surface area contributed by atoms with Crippen LogP contribution in [-0.2, 0) is 0 Å². The first kappa shape index (κ1) is 12.8. The SMILES string of the molecule is CC1(O)CN(c2nc(Cl)nc3c(F)c(Cl)ncc23)C1. The third-order valence-electron chi connectivity index (χ3n) is 2.96. The van der Waals surface area contributed by atoms with E-state index in [-0.39, 0.29) is 16.0 Å². The van der Waals surface area contributed by atoms with E-state index in [1.54, 1.807) is 11.8 Å². The van der Waals surface area contributed by atoms with Crippen LogP contribution in [-0.4, -0.2) is 38.7 Å². The van der Waals surface area contributed by atoms with Crippen LogP contribution in [0.1, 0.15) is 6.92 Å². The predicted molar refractivity (Wildman–Crippen MR) is 70.1 cm³/mol. The molecule has 1 aliphatic rings. The Morgan fingerprint density at radius 3 is 2.68 bits per heavy atom. The highest BCUT2D eigenvalue weighted by molar-refractivity contribution is 6.30. The second-order valence-corrected chi connectivity index (χ2v) is 5.49.